The van der Waals surface area contributed by atoms with E-state index in [-0.39, 0.29) is 22.0 Å². The lowest BCUT2D eigenvalue weighted by atomic mass is 10.2. The van der Waals surface area contributed by atoms with Crippen molar-refractivity contribution < 1.29 is 12.8 Å². The second-order valence-electron chi connectivity index (χ2n) is 5.39. The summed E-state index contributed by atoms with van der Waals surface area (Å²) in [4.78, 5) is -0.342. The highest BCUT2D eigenvalue weighted by Gasteiger charge is 2.31. The van der Waals surface area contributed by atoms with Crippen LogP contribution in [0.25, 0.3) is 0 Å². The van der Waals surface area contributed by atoms with Gasteiger partial charge in [-0.1, -0.05) is 18.5 Å². The average Bonchev–Trinajstić information content (AvgIpc) is 3.23. The van der Waals surface area contributed by atoms with E-state index in [1.165, 1.54) is 23.5 Å². The number of hydrogen-bond acceptors (Lipinski definition) is 3. The fraction of sp³-hybridized carbons (Fsp3) is 0.571. The van der Waals surface area contributed by atoms with Crippen LogP contribution in [0.2, 0.25) is 5.02 Å². The molecule has 7 heteroatoms. The minimum absolute atomic E-state index is 0.225. The molecular weight excluding hydrogens is 315 g/mol. The van der Waals surface area contributed by atoms with E-state index in [0.717, 1.165) is 12.8 Å². The second-order valence-corrected chi connectivity index (χ2v) is 7.84. The minimum Gasteiger partial charge on any atom is -0.313 e. The molecule has 21 heavy (non-hydrogen) atoms. The maximum absolute atomic E-state index is 14.5. The van der Waals surface area contributed by atoms with Crippen molar-refractivity contribution in [2.45, 2.75) is 31.2 Å². The van der Waals surface area contributed by atoms with Crippen LogP contribution in [0.4, 0.5) is 4.39 Å². The second kappa shape index (κ2) is 6.60. The Morgan fingerprint density at radius 1 is 1.43 bits per heavy atom. The molecule has 0 bridgehead atoms. The van der Waals surface area contributed by atoms with E-state index >= 15 is 0 Å². The maximum atomic E-state index is 14.5. The Hall–Kier alpha value is -0.690. The number of nitrogens with one attached hydrogen (secondary N) is 1. The predicted molar refractivity (Wildman–Crippen MR) is 81.3 cm³/mol. The highest BCUT2D eigenvalue weighted by atomic mass is 35.5. The first kappa shape index (κ1) is 16.7. The van der Waals surface area contributed by atoms with Gasteiger partial charge in [0.25, 0.3) is 0 Å². The van der Waals surface area contributed by atoms with Crippen molar-refractivity contribution in [3.63, 3.8) is 0 Å². The summed E-state index contributed by atoms with van der Waals surface area (Å²) < 4.78 is 40.7. The summed E-state index contributed by atoms with van der Waals surface area (Å²) in [5.41, 5.74) is 0.266. The third-order valence-electron chi connectivity index (χ3n) is 3.55. The van der Waals surface area contributed by atoms with E-state index in [1.807, 2.05) is 6.92 Å². The Morgan fingerprint density at radius 2 is 2.10 bits per heavy atom. The van der Waals surface area contributed by atoms with Crippen molar-refractivity contribution >= 4 is 21.6 Å². The molecule has 0 atom stereocenters. The van der Waals surface area contributed by atoms with Gasteiger partial charge in [-0.3, -0.25) is 0 Å². The van der Waals surface area contributed by atoms with Crippen molar-refractivity contribution in [2.24, 2.45) is 5.92 Å². The van der Waals surface area contributed by atoms with Gasteiger partial charge in [0.1, 0.15) is 10.7 Å². The average molecular weight is 335 g/mol. The monoisotopic (exact) mass is 334 g/mol. The standard InChI is InChI=1S/C14H20ClFN2O2S/c1-3-17-8-11-6-12(15)7-13(14(11)16)21(19,20)18(2)9-10-4-5-10/h6-7,10,17H,3-5,8-9H2,1-2H3. The van der Waals surface area contributed by atoms with Crippen LogP contribution in [0, 0.1) is 11.7 Å². The molecule has 0 aliphatic heterocycles. The molecule has 1 fully saturated rings. The van der Waals surface area contributed by atoms with Gasteiger partial charge in [0.15, 0.2) is 0 Å². The molecule has 1 aliphatic rings. The van der Waals surface area contributed by atoms with Crippen LogP contribution < -0.4 is 5.32 Å². The van der Waals surface area contributed by atoms with Crippen LogP contribution in [0.3, 0.4) is 0 Å². The summed E-state index contributed by atoms with van der Waals surface area (Å²) in [6.07, 6.45) is 2.06. The summed E-state index contributed by atoms with van der Waals surface area (Å²) in [5, 5.41) is 3.20. The molecule has 118 valence electrons. The Kier molecular flexibility index (Phi) is 5.24. The van der Waals surface area contributed by atoms with Crippen molar-refractivity contribution in [3.8, 4) is 0 Å². The zero-order chi connectivity index (χ0) is 15.6. The molecular formula is C14H20ClFN2O2S. The highest BCUT2D eigenvalue weighted by molar-refractivity contribution is 7.89. The lowest BCUT2D eigenvalue weighted by Crippen LogP contribution is -2.30. The van der Waals surface area contributed by atoms with Gasteiger partial charge in [0, 0.05) is 30.7 Å². The Bertz CT molecular complexity index is 618. The molecule has 0 amide bonds. The van der Waals surface area contributed by atoms with E-state index in [9.17, 15) is 12.8 Å². The lowest BCUT2D eigenvalue weighted by Gasteiger charge is -2.18. The lowest BCUT2D eigenvalue weighted by molar-refractivity contribution is 0.446. The van der Waals surface area contributed by atoms with Crippen LogP contribution in [-0.4, -0.2) is 32.9 Å². The normalized spacial score (nSPS) is 15.7. The van der Waals surface area contributed by atoms with Crippen LogP contribution in [0.1, 0.15) is 25.3 Å². The molecule has 0 spiro atoms. The van der Waals surface area contributed by atoms with Crippen LogP contribution in [0.15, 0.2) is 17.0 Å². The SMILES string of the molecule is CCNCc1cc(Cl)cc(S(=O)(=O)N(C)CC2CC2)c1F. The summed E-state index contributed by atoms with van der Waals surface area (Å²) in [6, 6.07) is 2.64. The van der Waals surface area contributed by atoms with Gasteiger partial charge in [-0.2, -0.15) is 0 Å². The number of rotatable bonds is 7. The Morgan fingerprint density at radius 3 is 2.67 bits per heavy atom. The molecule has 0 heterocycles. The summed E-state index contributed by atoms with van der Waals surface area (Å²) >= 11 is 5.95. The Balaban J connectivity index is 2.34. The van der Waals surface area contributed by atoms with Gasteiger partial charge < -0.3 is 5.32 Å². The summed E-state index contributed by atoms with van der Waals surface area (Å²) in [5.74, 6) is -0.323. The zero-order valence-corrected chi connectivity index (χ0v) is 13.8. The van der Waals surface area contributed by atoms with Crippen molar-refractivity contribution in [1.29, 1.82) is 0 Å². The molecule has 0 radical (unpaired) electrons. The minimum atomic E-state index is -3.85. The largest absolute Gasteiger partial charge is 0.313 e. The molecule has 1 aromatic carbocycles. The Labute approximate surface area is 130 Å². The topological polar surface area (TPSA) is 49.4 Å². The van der Waals surface area contributed by atoms with E-state index < -0.39 is 15.8 Å². The quantitative estimate of drug-likeness (QED) is 0.834. The van der Waals surface area contributed by atoms with Gasteiger partial charge in [-0.05, 0) is 37.4 Å². The third kappa shape index (κ3) is 3.94. The molecule has 0 saturated heterocycles. The number of benzene rings is 1. The van der Waals surface area contributed by atoms with E-state index in [2.05, 4.69) is 5.32 Å². The van der Waals surface area contributed by atoms with Crippen molar-refractivity contribution in [2.75, 3.05) is 20.1 Å². The molecule has 0 aromatic heterocycles. The molecule has 4 nitrogen and oxygen atoms in total. The van der Waals surface area contributed by atoms with Crippen molar-refractivity contribution in [3.05, 3.63) is 28.5 Å². The third-order valence-corrected chi connectivity index (χ3v) is 5.59. The molecule has 1 aliphatic carbocycles. The zero-order valence-electron chi connectivity index (χ0n) is 12.2. The van der Waals surface area contributed by atoms with Crippen LogP contribution in [0.5, 0.6) is 0 Å². The first-order chi connectivity index (χ1) is 9.86. The van der Waals surface area contributed by atoms with Gasteiger partial charge in [0.2, 0.25) is 10.0 Å². The fourth-order valence-corrected chi connectivity index (χ4v) is 3.81. The van der Waals surface area contributed by atoms with E-state index in [0.29, 0.717) is 19.0 Å². The van der Waals surface area contributed by atoms with Gasteiger partial charge >= 0.3 is 0 Å². The summed E-state index contributed by atoms with van der Waals surface area (Å²) in [6.45, 7) is 3.23. The smallest absolute Gasteiger partial charge is 0.245 e. The van der Waals surface area contributed by atoms with Gasteiger partial charge in [-0.15, -0.1) is 0 Å². The molecule has 1 saturated carbocycles. The summed E-state index contributed by atoms with van der Waals surface area (Å²) in [7, 11) is -2.36. The first-order valence-electron chi connectivity index (χ1n) is 7.01. The maximum Gasteiger partial charge on any atom is 0.245 e. The van der Waals surface area contributed by atoms with E-state index in [1.54, 1.807) is 0 Å². The number of sulfonamides is 1. The number of hydrogen-bond donors (Lipinski definition) is 1. The van der Waals surface area contributed by atoms with Crippen molar-refractivity contribution in [1.82, 2.24) is 9.62 Å². The number of halogens is 2. The first-order valence-corrected chi connectivity index (χ1v) is 8.83. The predicted octanol–water partition coefficient (Wildman–Crippen LogP) is 2.62. The van der Waals surface area contributed by atoms with Gasteiger partial charge in [-0.25, -0.2) is 17.1 Å². The van der Waals surface area contributed by atoms with Crippen LogP contribution in [-0.2, 0) is 16.6 Å². The molecule has 1 aromatic rings. The molecule has 2 rings (SSSR count). The highest BCUT2D eigenvalue weighted by Crippen LogP contribution is 2.32. The van der Waals surface area contributed by atoms with Gasteiger partial charge in [0.05, 0.1) is 0 Å². The fourth-order valence-electron chi connectivity index (χ4n) is 2.12. The van der Waals surface area contributed by atoms with E-state index in [4.69, 9.17) is 11.6 Å². The molecule has 0 unspecified atom stereocenters. The number of nitrogens with zero attached hydrogens (tertiary/aromatic N) is 1. The molecule has 1 N–H and O–H groups in total. The van der Waals surface area contributed by atoms with Crippen LogP contribution >= 0.6 is 11.6 Å².